The standard InChI is InChI=1S/C18H16F3NO4/c1-24-17(23)16(22-25-2)13-8-4-3-7-12(13)11-26-15-10-6-5-9-14(15)18(19,20)21/h3-10H,11H2,1-2H3/b22-16+. The zero-order valence-electron chi connectivity index (χ0n) is 14.0. The van der Waals surface area contributed by atoms with Crippen molar-refractivity contribution >= 4 is 11.7 Å². The van der Waals surface area contributed by atoms with Crippen molar-refractivity contribution in [3.05, 3.63) is 65.2 Å². The largest absolute Gasteiger partial charge is 0.488 e. The fourth-order valence-electron chi connectivity index (χ4n) is 2.24. The third kappa shape index (κ3) is 4.53. The van der Waals surface area contributed by atoms with Crippen LogP contribution in [0.3, 0.4) is 0 Å². The van der Waals surface area contributed by atoms with Gasteiger partial charge in [0.2, 0.25) is 0 Å². The Bertz CT molecular complexity index is 803. The van der Waals surface area contributed by atoms with Gasteiger partial charge in [0.25, 0.3) is 0 Å². The molecule has 0 fully saturated rings. The summed E-state index contributed by atoms with van der Waals surface area (Å²) in [6.45, 7) is -0.205. The van der Waals surface area contributed by atoms with Gasteiger partial charge in [-0.05, 0) is 17.7 Å². The second-order valence-corrected chi connectivity index (χ2v) is 5.05. The Kier molecular flexibility index (Phi) is 6.21. The van der Waals surface area contributed by atoms with E-state index in [1.54, 1.807) is 24.3 Å². The quantitative estimate of drug-likeness (QED) is 0.443. The Morgan fingerprint density at radius 2 is 1.69 bits per heavy atom. The first kappa shape index (κ1) is 19.3. The van der Waals surface area contributed by atoms with Crippen molar-refractivity contribution in [2.75, 3.05) is 14.2 Å². The normalized spacial score (nSPS) is 11.8. The Hall–Kier alpha value is -3.03. The van der Waals surface area contributed by atoms with Crippen LogP contribution in [0.25, 0.3) is 0 Å². The number of ether oxygens (including phenoxy) is 2. The lowest BCUT2D eigenvalue weighted by atomic mass is 10.0. The molecule has 0 aliphatic carbocycles. The van der Waals surface area contributed by atoms with Gasteiger partial charge in [-0.15, -0.1) is 0 Å². The second kappa shape index (κ2) is 8.37. The van der Waals surface area contributed by atoms with Crippen LogP contribution < -0.4 is 4.74 Å². The summed E-state index contributed by atoms with van der Waals surface area (Å²) >= 11 is 0. The number of nitrogens with zero attached hydrogens (tertiary/aromatic N) is 1. The number of benzene rings is 2. The molecule has 0 radical (unpaired) electrons. The first-order valence-corrected chi connectivity index (χ1v) is 7.45. The van der Waals surface area contributed by atoms with Gasteiger partial charge in [-0.3, -0.25) is 0 Å². The van der Waals surface area contributed by atoms with Crippen molar-refractivity contribution in [3.63, 3.8) is 0 Å². The van der Waals surface area contributed by atoms with Crippen LogP contribution in [-0.4, -0.2) is 25.9 Å². The average molecular weight is 367 g/mol. The van der Waals surface area contributed by atoms with E-state index in [2.05, 4.69) is 14.7 Å². The molecule has 2 rings (SSSR count). The lowest BCUT2D eigenvalue weighted by Gasteiger charge is -2.15. The molecule has 0 saturated heterocycles. The van der Waals surface area contributed by atoms with Crippen LogP contribution in [0.1, 0.15) is 16.7 Å². The van der Waals surface area contributed by atoms with E-state index in [-0.39, 0.29) is 18.1 Å². The summed E-state index contributed by atoms with van der Waals surface area (Å²) in [5.41, 5.74) is -0.203. The summed E-state index contributed by atoms with van der Waals surface area (Å²) in [5, 5.41) is 3.64. The number of hydrogen-bond acceptors (Lipinski definition) is 5. The molecule has 0 N–H and O–H groups in total. The smallest absolute Gasteiger partial charge is 0.419 e. The van der Waals surface area contributed by atoms with E-state index < -0.39 is 17.7 Å². The predicted molar refractivity (Wildman–Crippen MR) is 87.8 cm³/mol. The van der Waals surface area contributed by atoms with Gasteiger partial charge < -0.3 is 14.3 Å². The fourth-order valence-corrected chi connectivity index (χ4v) is 2.24. The van der Waals surface area contributed by atoms with Crippen LogP contribution in [-0.2, 0) is 27.2 Å². The van der Waals surface area contributed by atoms with Crippen molar-refractivity contribution in [1.82, 2.24) is 0 Å². The third-order valence-corrected chi connectivity index (χ3v) is 3.41. The minimum atomic E-state index is -4.54. The highest BCUT2D eigenvalue weighted by Gasteiger charge is 2.34. The molecule has 8 heteroatoms. The van der Waals surface area contributed by atoms with Crippen LogP contribution in [0, 0.1) is 0 Å². The lowest BCUT2D eigenvalue weighted by Crippen LogP contribution is -2.20. The number of carbonyl (C=O) groups excluding carboxylic acids is 1. The molecule has 0 unspecified atom stereocenters. The molecule has 0 amide bonds. The number of hydrogen-bond donors (Lipinski definition) is 0. The zero-order valence-corrected chi connectivity index (χ0v) is 14.0. The fraction of sp³-hybridized carbons (Fsp3) is 0.222. The van der Waals surface area contributed by atoms with E-state index in [4.69, 9.17) is 4.74 Å². The number of esters is 1. The van der Waals surface area contributed by atoms with Crippen LogP contribution in [0.2, 0.25) is 0 Å². The zero-order chi connectivity index (χ0) is 19.2. The maximum Gasteiger partial charge on any atom is 0.419 e. The molecule has 5 nitrogen and oxygen atoms in total. The molecule has 0 bridgehead atoms. The minimum Gasteiger partial charge on any atom is -0.488 e. The molecule has 0 heterocycles. The van der Waals surface area contributed by atoms with Crippen LogP contribution in [0.5, 0.6) is 5.75 Å². The molecule has 26 heavy (non-hydrogen) atoms. The van der Waals surface area contributed by atoms with E-state index in [0.29, 0.717) is 11.1 Å². The van der Waals surface area contributed by atoms with Gasteiger partial charge in [0.1, 0.15) is 19.5 Å². The number of carbonyl (C=O) groups is 1. The van der Waals surface area contributed by atoms with Gasteiger partial charge in [0.15, 0.2) is 5.71 Å². The Balaban J connectivity index is 2.33. The van der Waals surface area contributed by atoms with E-state index in [1.807, 2.05) is 0 Å². The van der Waals surface area contributed by atoms with E-state index >= 15 is 0 Å². The third-order valence-electron chi connectivity index (χ3n) is 3.41. The van der Waals surface area contributed by atoms with Gasteiger partial charge in [0.05, 0.1) is 12.7 Å². The number of halogens is 3. The van der Waals surface area contributed by atoms with Gasteiger partial charge in [-0.1, -0.05) is 41.6 Å². The summed E-state index contributed by atoms with van der Waals surface area (Å²) in [7, 11) is 2.45. The number of methoxy groups -OCH3 is 1. The van der Waals surface area contributed by atoms with Crippen molar-refractivity contribution in [1.29, 1.82) is 0 Å². The number of alkyl halides is 3. The molecule has 0 aliphatic heterocycles. The first-order chi connectivity index (χ1) is 12.4. The molecule has 2 aromatic rings. The molecule has 2 aromatic carbocycles. The Labute approximate surface area is 148 Å². The second-order valence-electron chi connectivity index (χ2n) is 5.05. The Morgan fingerprint density at radius 3 is 2.35 bits per heavy atom. The minimum absolute atomic E-state index is 0.113. The monoisotopic (exact) mass is 367 g/mol. The van der Waals surface area contributed by atoms with E-state index in [1.165, 1.54) is 32.4 Å². The number of rotatable bonds is 6. The van der Waals surface area contributed by atoms with Crippen molar-refractivity contribution in [3.8, 4) is 5.75 Å². The number of oxime groups is 1. The van der Waals surface area contributed by atoms with E-state index in [0.717, 1.165) is 6.07 Å². The summed E-state index contributed by atoms with van der Waals surface area (Å²) < 4.78 is 49.2. The van der Waals surface area contributed by atoms with E-state index in [9.17, 15) is 18.0 Å². The molecular weight excluding hydrogens is 351 g/mol. The van der Waals surface area contributed by atoms with Gasteiger partial charge in [0, 0.05) is 5.56 Å². The highest BCUT2D eigenvalue weighted by atomic mass is 19.4. The van der Waals surface area contributed by atoms with Gasteiger partial charge >= 0.3 is 12.1 Å². The molecular formula is C18H16F3NO4. The Morgan fingerprint density at radius 1 is 1.04 bits per heavy atom. The van der Waals surface area contributed by atoms with Crippen molar-refractivity contribution < 1.29 is 32.3 Å². The molecule has 0 atom stereocenters. The SMILES string of the molecule is CO/N=C(/C(=O)OC)c1ccccc1COc1ccccc1C(F)(F)F. The average Bonchev–Trinajstić information content (AvgIpc) is 2.63. The van der Waals surface area contributed by atoms with Gasteiger partial charge in [-0.25, -0.2) is 4.79 Å². The van der Waals surface area contributed by atoms with Gasteiger partial charge in [-0.2, -0.15) is 13.2 Å². The molecule has 0 aliphatic rings. The summed E-state index contributed by atoms with van der Waals surface area (Å²) in [6.07, 6.45) is -4.54. The molecule has 0 spiro atoms. The summed E-state index contributed by atoms with van der Waals surface area (Å²) in [5.74, 6) is -1.05. The number of para-hydroxylation sites is 1. The first-order valence-electron chi connectivity index (χ1n) is 7.45. The predicted octanol–water partition coefficient (Wildman–Crippen LogP) is 3.81. The maximum absolute atomic E-state index is 13.1. The van der Waals surface area contributed by atoms with Crippen LogP contribution >= 0.6 is 0 Å². The van der Waals surface area contributed by atoms with Crippen molar-refractivity contribution in [2.24, 2.45) is 5.16 Å². The molecule has 0 aromatic heterocycles. The lowest BCUT2D eigenvalue weighted by molar-refractivity contribution is -0.139. The molecule has 138 valence electrons. The molecule has 0 saturated carbocycles. The summed E-state index contributed by atoms with van der Waals surface area (Å²) in [4.78, 5) is 16.6. The van der Waals surface area contributed by atoms with Crippen LogP contribution in [0.4, 0.5) is 13.2 Å². The topological polar surface area (TPSA) is 57.1 Å². The maximum atomic E-state index is 13.1. The van der Waals surface area contributed by atoms with Crippen molar-refractivity contribution in [2.45, 2.75) is 12.8 Å². The highest BCUT2D eigenvalue weighted by molar-refractivity contribution is 6.43. The highest BCUT2D eigenvalue weighted by Crippen LogP contribution is 2.36. The van der Waals surface area contributed by atoms with Crippen LogP contribution in [0.15, 0.2) is 53.7 Å². The summed E-state index contributed by atoms with van der Waals surface area (Å²) in [6, 6.07) is 11.4.